The molecule has 1 N–H and O–H groups in total. The Morgan fingerprint density at radius 2 is 1.79 bits per heavy atom. The van der Waals surface area contributed by atoms with Gasteiger partial charge in [0.05, 0.1) is 0 Å². The second-order valence-electron chi connectivity index (χ2n) is 5.22. The van der Waals surface area contributed by atoms with Crippen molar-refractivity contribution in [3.63, 3.8) is 0 Å². The molecule has 0 heterocycles. The predicted octanol–water partition coefficient (Wildman–Crippen LogP) is 3.99. The summed E-state index contributed by atoms with van der Waals surface area (Å²) in [5.41, 5.74) is 2.68. The van der Waals surface area contributed by atoms with Gasteiger partial charge in [0.1, 0.15) is 0 Å². The second kappa shape index (κ2) is 8.98. The van der Waals surface area contributed by atoms with E-state index in [0.29, 0.717) is 6.04 Å². The lowest BCUT2D eigenvalue weighted by atomic mass is 10.1. The van der Waals surface area contributed by atoms with Gasteiger partial charge >= 0.3 is 0 Å². The summed E-state index contributed by atoms with van der Waals surface area (Å²) in [4.78, 5) is 2.47. The van der Waals surface area contributed by atoms with Crippen LogP contribution in [0.2, 0.25) is 0 Å². The normalized spacial score (nSPS) is 12.4. The number of nitrogens with one attached hydrogen (secondary N) is 1. The third-order valence-corrected chi connectivity index (χ3v) is 3.75. The molecule has 1 rings (SSSR count). The summed E-state index contributed by atoms with van der Waals surface area (Å²) in [6, 6.07) is 9.55. The smallest absolute Gasteiger partial charge is 0.0366 e. The maximum Gasteiger partial charge on any atom is 0.0366 e. The largest absolute Gasteiger partial charge is 0.372 e. The fraction of sp³-hybridized carbons (Fsp3) is 0.647. The zero-order valence-corrected chi connectivity index (χ0v) is 13.1. The summed E-state index contributed by atoms with van der Waals surface area (Å²) in [7, 11) is 0. The summed E-state index contributed by atoms with van der Waals surface area (Å²) < 4.78 is 0. The van der Waals surface area contributed by atoms with Crippen LogP contribution in [0.4, 0.5) is 5.69 Å². The van der Waals surface area contributed by atoms with Crippen molar-refractivity contribution in [1.29, 1.82) is 0 Å². The standard InChI is InChI=1S/C17H30N2/c1-5-16(18-6-2)9-8-14-19(7-3)17-12-10-15(4)11-13-17/h10-13,16,18H,5-9,14H2,1-4H3. The second-order valence-corrected chi connectivity index (χ2v) is 5.22. The highest BCUT2D eigenvalue weighted by Crippen LogP contribution is 2.16. The Hall–Kier alpha value is -1.02. The molecule has 1 aromatic carbocycles. The zero-order chi connectivity index (χ0) is 14.1. The van der Waals surface area contributed by atoms with Crippen LogP contribution in [0.5, 0.6) is 0 Å². The molecule has 0 radical (unpaired) electrons. The molecule has 1 unspecified atom stereocenters. The van der Waals surface area contributed by atoms with E-state index in [2.05, 4.69) is 62.2 Å². The molecule has 0 saturated carbocycles. The summed E-state index contributed by atoms with van der Waals surface area (Å²) in [6.45, 7) is 12.2. The lowest BCUT2D eigenvalue weighted by Crippen LogP contribution is -2.30. The predicted molar refractivity (Wildman–Crippen MR) is 86.1 cm³/mol. The highest BCUT2D eigenvalue weighted by molar-refractivity contribution is 5.47. The molecule has 0 aliphatic heterocycles. The van der Waals surface area contributed by atoms with E-state index in [9.17, 15) is 0 Å². The van der Waals surface area contributed by atoms with E-state index in [1.165, 1.54) is 30.5 Å². The molecule has 19 heavy (non-hydrogen) atoms. The van der Waals surface area contributed by atoms with E-state index in [4.69, 9.17) is 0 Å². The first kappa shape index (κ1) is 16.0. The lowest BCUT2D eigenvalue weighted by Gasteiger charge is -2.24. The Morgan fingerprint density at radius 1 is 1.11 bits per heavy atom. The van der Waals surface area contributed by atoms with Crippen LogP contribution in [0.15, 0.2) is 24.3 Å². The van der Waals surface area contributed by atoms with Gasteiger partial charge in [-0.15, -0.1) is 0 Å². The van der Waals surface area contributed by atoms with Crippen LogP contribution >= 0.6 is 0 Å². The van der Waals surface area contributed by atoms with Gasteiger partial charge in [-0.3, -0.25) is 0 Å². The zero-order valence-electron chi connectivity index (χ0n) is 13.1. The topological polar surface area (TPSA) is 15.3 Å². The number of nitrogens with zero attached hydrogens (tertiary/aromatic N) is 1. The van der Waals surface area contributed by atoms with Crippen molar-refractivity contribution in [1.82, 2.24) is 5.32 Å². The van der Waals surface area contributed by atoms with Crippen molar-refractivity contribution in [2.24, 2.45) is 0 Å². The maximum atomic E-state index is 3.55. The molecule has 2 nitrogen and oxygen atoms in total. The molecule has 2 heteroatoms. The minimum absolute atomic E-state index is 0.682. The molecule has 0 spiro atoms. The van der Waals surface area contributed by atoms with Gasteiger partial charge in [0.25, 0.3) is 0 Å². The number of aryl methyl sites for hydroxylation is 1. The average molecular weight is 262 g/mol. The number of rotatable bonds is 9. The van der Waals surface area contributed by atoms with Crippen molar-refractivity contribution in [2.75, 3.05) is 24.5 Å². The molecule has 1 aromatic rings. The number of hydrogen-bond donors (Lipinski definition) is 1. The van der Waals surface area contributed by atoms with Crippen molar-refractivity contribution in [2.45, 2.75) is 53.0 Å². The van der Waals surface area contributed by atoms with E-state index < -0.39 is 0 Å². The average Bonchev–Trinajstić information content (AvgIpc) is 2.43. The van der Waals surface area contributed by atoms with Crippen LogP contribution < -0.4 is 10.2 Å². The molecular weight excluding hydrogens is 232 g/mol. The van der Waals surface area contributed by atoms with Crippen LogP contribution in [0, 0.1) is 6.92 Å². The van der Waals surface area contributed by atoms with Crippen LogP contribution in [0.3, 0.4) is 0 Å². The van der Waals surface area contributed by atoms with E-state index in [0.717, 1.165) is 19.6 Å². The molecule has 108 valence electrons. The highest BCUT2D eigenvalue weighted by Gasteiger charge is 2.07. The molecule has 0 bridgehead atoms. The molecule has 0 amide bonds. The van der Waals surface area contributed by atoms with E-state index in [-0.39, 0.29) is 0 Å². The Balaban J connectivity index is 2.42. The van der Waals surface area contributed by atoms with Crippen molar-refractivity contribution >= 4 is 5.69 Å². The molecular formula is C17H30N2. The van der Waals surface area contributed by atoms with Gasteiger partial charge in [-0.2, -0.15) is 0 Å². The Labute approximate surface area is 119 Å². The van der Waals surface area contributed by atoms with E-state index in [1.807, 2.05) is 0 Å². The molecule has 1 atom stereocenters. The third-order valence-electron chi connectivity index (χ3n) is 3.75. The minimum atomic E-state index is 0.682. The lowest BCUT2D eigenvalue weighted by molar-refractivity contribution is 0.466. The van der Waals surface area contributed by atoms with Crippen LogP contribution in [0.25, 0.3) is 0 Å². The van der Waals surface area contributed by atoms with E-state index >= 15 is 0 Å². The Bertz CT molecular complexity index is 332. The van der Waals surface area contributed by atoms with Crippen LogP contribution in [0.1, 0.15) is 45.6 Å². The first-order valence-corrected chi connectivity index (χ1v) is 7.76. The Kier molecular flexibility index (Phi) is 7.57. The highest BCUT2D eigenvalue weighted by atomic mass is 15.1. The van der Waals surface area contributed by atoms with Crippen molar-refractivity contribution in [3.8, 4) is 0 Å². The molecule has 0 aromatic heterocycles. The van der Waals surface area contributed by atoms with Crippen LogP contribution in [-0.4, -0.2) is 25.7 Å². The fourth-order valence-corrected chi connectivity index (χ4v) is 2.49. The van der Waals surface area contributed by atoms with Gasteiger partial charge in [0, 0.05) is 24.8 Å². The fourth-order valence-electron chi connectivity index (χ4n) is 2.49. The van der Waals surface area contributed by atoms with Crippen LogP contribution in [-0.2, 0) is 0 Å². The summed E-state index contributed by atoms with van der Waals surface area (Å²) in [5, 5.41) is 3.55. The molecule has 0 aliphatic rings. The van der Waals surface area contributed by atoms with Gasteiger partial charge in [-0.1, -0.05) is 31.5 Å². The van der Waals surface area contributed by atoms with Crippen molar-refractivity contribution in [3.05, 3.63) is 29.8 Å². The van der Waals surface area contributed by atoms with Gasteiger partial charge in [-0.25, -0.2) is 0 Å². The maximum absolute atomic E-state index is 3.55. The van der Waals surface area contributed by atoms with E-state index in [1.54, 1.807) is 0 Å². The Morgan fingerprint density at radius 3 is 2.32 bits per heavy atom. The summed E-state index contributed by atoms with van der Waals surface area (Å²) in [5.74, 6) is 0. The number of benzene rings is 1. The first-order chi connectivity index (χ1) is 9.21. The van der Waals surface area contributed by atoms with Gasteiger partial charge < -0.3 is 10.2 Å². The summed E-state index contributed by atoms with van der Waals surface area (Å²) >= 11 is 0. The quantitative estimate of drug-likeness (QED) is 0.724. The van der Waals surface area contributed by atoms with Gasteiger partial charge in [-0.05, 0) is 51.8 Å². The monoisotopic (exact) mass is 262 g/mol. The number of anilines is 1. The van der Waals surface area contributed by atoms with Gasteiger partial charge in [0.15, 0.2) is 0 Å². The molecule has 0 aliphatic carbocycles. The van der Waals surface area contributed by atoms with Gasteiger partial charge in [0.2, 0.25) is 0 Å². The minimum Gasteiger partial charge on any atom is -0.372 e. The number of hydrogen-bond acceptors (Lipinski definition) is 2. The first-order valence-electron chi connectivity index (χ1n) is 7.76. The molecule has 0 fully saturated rings. The third kappa shape index (κ3) is 5.65. The SMILES string of the molecule is CCNC(CC)CCCN(CC)c1ccc(C)cc1. The summed E-state index contributed by atoms with van der Waals surface area (Å²) in [6.07, 6.45) is 3.75. The molecule has 0 saturated heterocycles. The van der Waals surface area contributed by atoms with Crippen molar-refractivity contribution < 1.29 is 0 Å².